The molecule has 2 heterocycles. The minimum absolute atomic E-state index is 0.158. The zero-order valence-corrected chi connectivity index (χ0v) is 14.6. The average molecular weight is 347 g/mol. The molecule has 0 amide bonds. The molecule has 0 saturated carbocycles. The summed E-state index contributed by atoms with van der Waals surface area (Å²) < 4.78 is 1.86. The van der Waals surface area contributed by atoms with Gasteiger partial charge in [-0.25, -0.2) is 4.79 Å². The predicted molar refractivity (Wildman–Crippen MR) is 95.1 cm³/mol. The molecule has 2 aliphatic heterocycles. The van der Waals surface area contributed by atoms with E-state index >= 15 is 0 Å². The summed E-state index contributed by atoms with van der Waals surface area (Å²) >= 11 is 0. The van der Waals surface area contributed by atoms with Gasteiger partial charge in [-0.05, 0) is 37.3 Å². The topological polar surface area (TPSA) is 105 Å². The molecular weight excluding hydrogens is 322 g/mol. The first kappa shape index (κ1) is 18.9. The zero-order chi connectivity index (χ0) is 18.2. The fraction of sp³-hybridized carbons (Fsp3) is 0.556. The maximum absolute atomic E-state index is 12.1. The molecular formula is C18H25N3O4. The fourth-order valence-corrected chi connectivity index (χ4v) is 2.90. The smallest absolute Gasteiger partial charge is 0.349 e. The maximum atomic E-state index is 12.1. The summed E-state index contributed by atoms with van der Waals surface area (Å²) in [6.45, 7) is 2.75. The zero-order valence-electron chi connectivity index (χ0n) is 14.6. The van der Waals surface area contributed by atoms with Crippen molar-refractivity contribution in [2.24, 2.45) is 0 Å². The van der Waals surface area contributed by atoms with Gasteiger partial charge in [0.25, 0.3) is 5.56 Å². The van der Waals surface area contributed by atoms with E-state index in [1.165, 1.54) is 0 Å². The predicted octanol–water partition coefficient (Wildman–Crippen LogP) is 2.41. The summed E-state index contributed by atoms with van der Waals surface area (Å²) in [4.78, 5) is 40.4. The third-order valence-electron chi connectivity index (χ3n) is 4.20. The van der Waals surface area contributed by atoms with Crippen molar-refractivity contribution in [3.8, 4) is 11.4 Å². The molecule has 2 aliphatic rings. The SMILES string of the molecule is CCCCCc1cc2c(=O)[nH]c(=O)nc-2n(CCCCCC(=O)O)c1. The van der Waals surface area contributed by atoms with Gasteiger partial charge in [0.1, 0.15) is 0 Å². The molecule has 0 fully saturated rings. The second-order valence-corrected chi connectivity index (χ2v) is 6.31. The summed E-state index contributed by atoms with van der Waals surface area (Å²) in [7, 11) is 0. The molecule has 0 aromatic heterocycles. The van der Waals surface area contributed by atoms with E-state index in [9.17, 15) is 14.4 Å². The van der Waals surface area contributed by atoms with Gasteiger partial charge >= 0.3 is 11.7 Å². The van der Waals surface area contributed by atoms with Gasteiger partial charge in [0.2, 0.25) is 0 Å². The van der Waals surface area contributed by atoms with E-state index in [0.29, 0.717) is 24.4 Å². The number of pyridine rings is 1. The first-order chi connectivity index (χ1) is 12.0. The van der Waals surface area contributed by atoms with Gasteiger partial charge in [-0.15, -0.1) is 0 Å². The highest BCUT2D eigenvalue weighted by Gasteiger charge is 2.15. The molecule has 7 heteroatoms. The Morgan fingerprint density at radius 3 is 2.72 bits per heavy atom. The average Bonchev–Trinajstić information content (AvgIpc) is 2.55. The van der Waals surface area contributed by atoms with Gasteiger partial charge in [0, 0.05) is 19.2 Å². The monoisotopic (exact) mass is 347 g/mol. The molecule has 136 valence electrons. The number of carbonyl (C=O) groups is 1. The van der Waals surface area contributed by atoms with E-state index in [1.54, 1.807) is 0 Å². The number of carboxylic acids is 1. The number of unbranched alkanes of at least 4 members (excludes halogenated alkanes) is 4. The number of nitrogens with zero attached hydrogens (tertiary/aromatic N) is 2. The molecule has 25 heavy (non-hydrogen) atoms. The Labute approximate surface area is 146 Å². The van der Waals surface area contributed by atoms with Crippen molar-refractivity contribution in [3.05, 3.63) is 38.7 Å². The Morgan fingerprint density at radius 2 is 2.00 bits per heavy atom. The van der Waals surface area contributed by atoms with Crippen molar-refractivity contribution in [1.29, 1.82) is 0 Å². The van der Waals surface area contributed by atoms with E-state index in [4.69, 9.17) is 5.11 Å². The van der Waals surface area contributed by atoms with Crippen LogP contribution in [0.1, 0.15) is 57.4 Å². The van der Waals surface area contributed by atoms with Crippen LogP contribution in [-0.4, -0.2) is 25.6 Å². The lowest BCUT2D eigenvalue weighted by Gasteiger charge is -2.16. The van der Waals surface area contributed by atoms with Crippen LogP contribution in [0, 0.1) is 0 Å². The Bertz CT molecular complexity index is 794. The second kappa shape index (κ2) is 9.15. The summed E-state index contributed by atoms with van der Waals surface area (Å²) in [6.07, 6.45) is 8.45. The Kier molecular flexibility index (Phi) is 6.91. The molecule has 0 aromatic carbocycles. The van der Waals surface area contributed by atoms with Gasteiger partial charge in [-0.3, -0.25) is 14.6 Å². The minimum atomic E-state index is -0.791. The van der Waals surface area contributed by atoms with E-state index < -0.39 is 17.2 Å². The van der Waals surface area contributed by atoms with E-state index in [1.807, 2.05) is 16.8 Å². The number of H-pyrrole nitrogens is 1. The molecule has 0 spiro atoms. The van der Waals surface area contributed by atoms with Crippen molar-refractivity contribution < 1.29 is 9.90 Å². The van der Waals surface area contributed by atoms with Crippen LogP contribution in [-0.2, 0) is 17.8 Å². The minimum Gasteiger partial charge on any atom is -0.481 e. The normalized spacial score (nSPS) is 11.1. The summed E-state index contributed by atoms with van der Waals surface area (Å²) in [5.41, 5.74) is 0.430. The van der Waals surface area contributed by atoms with E-state index in [2.05, 4.69) is 16.9 Å². The third kappa shape index (κ3) is 5.55. The van der Waals surface area contributed by atoms with Crippen molar-refractivity contribution in [1.82, 2.24) is 14.5 Å². The largest absolute Gasteiger partial charge is 0.481 e. The fourth-order valence-electron chi connectivity index (χ4n) is 2.90. The number of carboxylic acid groups (broad SMARTS) is 1. The number of aryl methyl sites for hydroxylation is 2. The number of hydrogen-bond acceptors (Lipinski definition) is 4. The lowest BCUT2D eigenvalue weighted by atomic mass is 10.1. The second-order valence-electron chi connectivity index (χ2n) is 6.31. The molecule has 0 bridgehead atoms. The Hall–Kier alpha value is -2.44. The number of fused-ring (bicyclic) bond motifs is 1. The summed E-state index contributed by atoms with van der Waals surface area (Å²) in [5, 5.41) is 8.68. The molecule has 0 atom stereocenters. The Balaban J connectivity index is 2.20. The van der Waals surface area contributed by atoms with Crippen LogP contribution in [0.25, 0.3) is 11.4 Å². The molecule has 0 radical (unpaired) electrons. The molecule has 2 N–H and O–H groups in total. The van der Waals surface area contributed by atoms with Crippen LogP contribution in [0.3, 0.4) is 0 Å². The van der Waals surface area contributed by atoms with Crippen LogP contribution in [0.15, 0.2) is 21.9 Å². The molecule has 0 aliphatic carbocycles. The lowest BCUT2D eigenvalue weighted by molar-refractivity contribution is -0.137. The number of hydrogen-bond donors (Lipinski definition) is 2. The quantitative estimate of drug-likeness (QED) is 0.642. The van der Waals surface area contributed by atoms with Crippen LogP contribution >= 0.6 is 0 Å². The maximum Gasteiger partial charge on any atom is 0.349 e. The number of aromatic amines is 1. The molecule has 0 aromatic rings. The highest BCUT2D eigenvalue weighted by atomic mass is 16.4. The van der Waals surface area contributed by atoms with Gasteiger partial charge < -0.3 is 9.67 Å². The highest BCUT2D eigenvalue weighted by Crippen LogP contribution is 2.19. The third-order valence-corrected chi connectivity index (χ3v) is 4.20. The van der Waals surface area contributed by atoms with Crippen LogP contribution in [0.5, 0.6) is 0 Å². The molecule has 0 saturated heterocycles. The van der Waals surface area contributed by atoms with E-state index in [-0.39, 0.29) is 6.42 Å². The number of nitrogens with one attached hydrogen (secondary N) is 1. The van der Waals surface area contributed by atoms with Gasteiger partial charge in [0.15, 0.2) is 5.82 Å². The van der Waals surface area contributed by atoms with Crippen LogP contribution in [0.2, 0.25) is 0 Å². The number of aromatic nitrogens is 3. The van der Waals surface area contributed by atoms with E-state index in [0.717, 1.165) is 44.1 Å². The highest BCUT2D eigenvalue weighted by molar-refractivity contribution is 5.66. The molecule has 0 unspecified atom stereocenters. The lowest BCUT2D eigenvalue weighted by Crippen LogP contribution is -2.27. The molecule has 7 nitrogen and oxygen atoms in total. The van der Waals surface area contributed by atoms with Crippen LogP contribution in [0.4, 0.5) is 0 Å². The first-order valence-electron chi connectivity index (χ1n) is 8.86. The molecule has 2 rings (SSSR count). The van der Waals surface area contributed by atoms with Gasteiger partial charge in [0.05, 0.1) is 5.56 Å². The standard InChI is InChI=1S/C18H25N3O4/c1-2-3-5-8-13-11-14-16(19-18(25)20-17(14)24)21(12-13)10-7-4-6-9-15(22)23/h11-12H,2-10H2,1H3,(H,22,23)(H,20,24,25). The summed E-state index contributed by atoms with van der Waals surface area (Å²) in [5.74, 6) is -0.397. The van der Waals surface area contributed by atoms with Crippen molar-refractivity contribution >= 4 is 5.97 Å². The first-order valence-corrected chi connectivity index (χ1v) is 8.86. The number of rotatable bonds is 10. The van der Waals surface area contributed by atoms with Gasteiger partial charge in [-0.2, -0.15) is 4.98 Å². The number of aliphatic carboxylic acids is 1. The summed E-state index contributed by atoms with van der Waals surface area (Å²) in [6, 6.07) is 1.82. The Morgan fingerprint density at radius 1 is 1.20 bits per heavy atom. The van der Waals surface area contributed by atoms with Crippen molar-refractivity contribution in [3.63, 3.8) is 0 Å². The van der Waals surface area contributed by atoms with Crippen molar-refractivity contribution in [2.45, 2.75) is 64.8 Å². The van der Waals surface area contributed by atoms with Crippen LogP contribution < -0.4 is 11.2 Å². The van der Waals surface area contributed by atoms with Crippen molar-refractivity contribution in [2.75, 3.05) is 0 Å². The van der Waals surface area contributed by atoms with Gasteiger partial charge in [-0.1, -0.05) is 26.2 Å².